The first-order valence-electron chi connectivity index (χ1n) is 15.9. The van der Waals surface area contributed by atoms with Crippen molar-refractivity contribution in [3.05, 3.63) is 152 Å². The Morgan fingerprint density at radius 2 is 1.07 bits per heavy atom. The molecule has 0 unspecified atom stereocenters. The highest BCUT2D eigenvalue weighted by Crippen LogP contribution is 2.49. The Kier molecular flexibility index (Phi) is 4.61. The van der Waals surface area contributed by atoms with Crippen LogP contribution in [0, 0.1) is 0 Å². The summed E-state index contributed by atoms with van der Waals surface area (Å²) in [5.74, 6) is 0. The summed E-state index contributed by atoms with van der Waals surface area (Å²) >= 11 is 0. The number of nitrogens with zero attached hydrogens (tertiary/aromatic N) is 1. The molecule has 0 spiro atoms. The molecule has 1 aliphatic carbocycles. The first-order valence-corrected chi connectivity index (χ1v) is 15.9. The Balaban J connectivity index is 1.10. The maximum Gasteiger partial charge on any atom is 0.136 e. The Hall–Kier alpha value is -6.12. The van der Waals surface area contributed by atoms with Crippen LogP contribution in [0.3, 0.4) is 0 Å². The second kappa shape index (κ2) is 8.74. The van der Waals surface area contributed by atoms with Crippen molar-refractivity contribution in [1.82, 2.24) is 4.57 Å². The van der Waals surface area contributed by atoms with E-state index in [1.54, 1.807) is 0 Å². The standard InChI is InChI=1S/C44H25NO/c1-2-9-32-31(8-1)34-13-7-12-33-30(20-21-35(32)42(33)34)28-17-16-27-25-29(19-18-26(27)24-28)45-38-14-5-3-10-36(38)43-39(45)22-23-41-44(43)37-11-4-6-15-40(37)46-41/h1-25H. The third kappa shape index (κ3) is 3.10. The van der Waals surface area contributed by atoms with Crippen LogP contribution in [0.1, 0.15) is 0 Å². The molecule has 0 bridgehead atoms. The molecule has 0 amide bonds. The molecule has 11 rings (SSSR count). The van der Waals surface area contributed by atoms with E-state index in [-0.39, 0.29) is 0 Å². The van der Waals surface area contributed by atoms with E-state index in [1.807, 2.05) is 6.07 Å². The number of aromatic nitrogens is 1. The quantitative estimate of drug-likeness (QED) is 0.198. The normalized spacial score (nSPS) is 12.3. The predicted molar refractivity (Wildman–Crippen MR) is 193 cm³/mol. The van der Waals surface area contributed by atoms with Gasteiger partial charge in [-0.1, -0.05) is 109 Å². The Bertz CT molecular complexity index is 2890. The van der Waals surface area contributed by atoms with E-state index in [0.717, 1.165) is 22.2 Å². The van der Waals surface area contributed by atoms with E-state index in [1.165, 1.54) is 82.1 Å². The maximum absolute atomic E-state index is 6.28. The summed E-state index contributed by atoms with van der Waals surface area (Å²) in [6.45, 7) is 0. The van der Waals surface area contributed by atoms with Crippen molar-refractivity contribution >= 4 is 65.3 Å². The highest BCUT2D eigenvalue weighted by molar-refractivity contribution is 6.27. The van der Waals surface area contributed by atoms with E-state index >= 15 is 0 Å². The zero-order chi connectivity index (χ0) is 29.9. The van der Waals surface area contributed by atoms with Gasteiger partial charge in [-0.3, -0.25) is 0 Å². The summed E-state index contributed by atoms with van der Waals surface area (Å²) in [7, 11) is 0. The molecule has 0 radical (unpaired) electrons. The Morgan fingerprint density at radius 3 is 1.98 bits per heavy atom. The Morgan fingerprint density at radius 1 is 0.370 bits per heavy atom. The zero-order valence-electron chi connectivity index (χ0n) is 24.8. The number of furan rings is 1. The van der Waals surface area contributed by atoms with Gasteiger partial charge >= 0.3 is 0 Å². The second-order valence-electron chi connectivity index (χ2n) is 12.5. The zero-order valence-corrected chi connectivity index (χ0v) is 24.8. The van der Waals surface area contributed by atoms with Gasteiger partial charge in [0.25, 0.3) is 0 Å². The van der Waals surface area contributed by atoms with Crippen molar-refractivity contribution < 1.29 is 4.42 Å². The topological polar surface area (TPSA) is 18.1 Å². The number of hydrogen-bond donors (Lipinski definition) is 0. The second-order valence-corrected chi connectivity index (χ2v) is 12.5. The van der Waals surface area contributed by atoms with Gasteiger partial charge in [0.15, 0.2) is 0 Å². The SMILES string of the molecule is c1ccc2c(c1)-c1cccc3c(-c4ccc5cc(-n6c7ccccc7c7c8c(ccc76)oc6ccccc68)ccc5c4)ccc-2c13. The van der Waals surface area contributed by atoms with Crippen LogP contribution in [-0.2, 0) is 0 Å². The molecule has 0 fully saturated rings. The maximum atomic E-state index is 6.28. The van der Waals surface area contributed by atoms with Gasteiger partial charge in [0.05, 0.1) is 11.0 Å². The van der Waals surface area contributed by atoms with E-state index in [0.29, 0.717) is 0 Å². The van der Waals surface area contributed by atoms with Gasteiger partial charge in [-0.15, -0.1) is 0 Å². The molecular formula is C44H25NO. The fourth-order valence-corrected chi connectivity index (χ4v) is 8.15. The highest BCUT2D eigenvalue weighted by atomic mass is 16.3. The first kappa shape index (κ1) is 24.2. The Labute approximate surface area is 264 Å². The number of benzene rings is 8. The predicted octanol–water partition coefficient (Wildman–Crippen LogP) is 12.3. The summed E-state index contributed by atoms with van der Waals surface area (Å²) in [5.41, 5.74) is 13.2. The minimum absolute atomic E-state index is 0.924. The van der Waals surface area contributed by atoms with E-state index in [2.05, 4.69) is 150 Å². The monoisotopic (exact) mass is 583 g/mol. The lowest BCUT2D eigenvalue weighted by Gasteiger charge is -2.12. The van der Waals surface area contributed by atoms with Crippen LogP contribution in [0.4, 0.5) is 0 Å². The molecule has 10 aromatic rings. The average molecular weight is 584 g/mol. The molecule has 46 heavy (non-hydrogen) atoms. The van der Waals surface area contributed by atoms with Gasteiger partial charge < -0.3 is 8.98 Å². The summed E-state index contributed by atoms with van der Waals surface area (Å²) in [6.07, 6.45) is 0. The average Bonchev–Trinajstić information content (AvgIpc) is 3.77. The van der Waals surface area contributed by atoms with Crippen LogP contribution in [0.15, 0.2) is 156 Å². The van der Waals surface area contributed by atoms with Gasteiger partial charge in [0.2, 0.25) is 0 Å². The van der Waals surface area contributed by atoms with Crippen LogP contribution >= 0.6 is 0 Å². The third-order valence-electron chi connectivity index (χ3n) is 10.1. The minimum atomic E-state index is 0.924. The molecule has 8 aromatic carbocycles. The fraction of sp³-hybridized carbons (Fsp3) is 0. The molecule has 0 atom stereocenters. The van der Waals surface area contributed by atoms with Crippen LogP contribution in [0.25, 0.3) is 104 Å². The minimum Gasteiger partial charge on any atom is -0.456 e. The summed E-state index contributed by atoms with van der Waals surface area (Å²) < 4.78 is 8.68. The molecular weight excluding hydrogens is 558 g/mol. The molecule has 2 heteroatoms. The molecule has 1 aliphatic rings. The van der Waals surface area contributed by atoms with Crippen LogP contribution in [0.5, 0.6) is 0 Å². The lowest BCUT2D eigenvalue weighted by Crippen LogP contribution is -1.93. The van der Waals surface area contributed by atoms with Gasteiger partial charge in [0, 0.05) is 27.2 Å². The van der Waals surface area contributed by atoms with Gasteiger partial charge in [0.1, 0.15) is 11.2 Å². The molecule has 0 saturated carbocycles. The van der Waals surface area contributed by atoms with Crippen molar-refractivity contribution in [2.75, 3.05) is 0 Å². The molecule has 2 nitrogen and oxygen atoms in total. The van der Waals surface area contributed by atoms with E-state index in [9.17, 15) is 0 Å². The largest absolute Gasteiger partial charge is 0.456 e. The van der Waals surface area contributed by atoms with Crippen molar-refractivity contribution in [1.29, 1.82) is 0 Å². The van der Waals surface area contributed by atoms with E-state index < -0.39 is 0 Å². The van der Waals surface area contributed by atoms with Gasteiger partial charge in [-0.25, -0.2) is 0 Å². The molecule has 2 heterocycles. The smallest absolute Gasteiger partial charge is 0.136 e. The summed E-state index contributed by atoms with van der Waals surface area (Å²) in [4.78, 5) is 0. The fourth-order valence-electron chi connectivity index (χ4n) is 8.15. The number of hydrogen-bond acceptors (Lipinski definition) is 1. The summed E-state index contributed by atoms with van der Waals surface area (Å²) in [6, 6.07) is 55.3. The molecule has 0 N–H and O–H groups in total. The van der Waals surface area contributed by atoms with Crippen molar-refractivity contribution in [3.63, 3.8) is 0 Å². The molecule has 0 aliphatic heterocycles. The number of fused-ring (bicyclic) bond motifs is 11. The van der Waals surface area contributed by atoms with Crippen LogP contribution in [-0.4, -0.2) is 4.57 Å². The molecule has 212 valence electrons. The van der Waals surface area contributed by atoms with Gasteiger partial charge in [-0.2, -0.15) is 0 Å². The van der Waals surface area contributed by atoms with Crippen LogP contribution in [0.2, 0.25) is 0 Å². The molecule has 0 saturated heterocycles. The van der Waals surface area contributed by atoms with Gasteiger partial charge in [-0.05, 0) is 97.4 Å². The number of rotatable bonds is 2. The van der Waals surface area contributed by atoms with Crippen LogP contribution < -0.4 is 0 Å². The third-order valence-corrected chi connectivity index (χ3v) is 10.1. The van der Waals surface area contributed by atoms with Crippen molar-refractivity contribution in [3.8, 4) is 39.1 Å². The first-order chi connectivity index (χ1) is 22.8. The number of para-hydroxylation sites is 2. The lowest BCUT2D eigenvalue weighted by atomic mass is 9.93. The highest BCUT2D eigenvalue weighted by Gasteiger charge is 2.22. The van der Waals surface area contributed by atoms with E-state index in [4.69, 9.17) is 4.42 Å². The van der Waals surface area contributed by atoms with Crippen molar-refractivity contribution in [2.45, 2.75) is 0 Å². The summed E-state index contributed by atoms with van der Waals surface area (Å²) in [5, 5.41) is 9.94. The molecule has 2 aromatic heterocycles. The lowest BCUT2D eigenvalue weighted by molar-refractivity contribution is 0.669. The van der Waals surface area contributed by atoms with Crippen molar-refractivity contribution in [2.24, 2.45) is 0 Å².